The van der Waals surface area contributed by atoms with Crippen LogP contribution >= 0.6 is 0 Å². The number of hydrogen-bond acceptors (Lipinski definition) is 5. The van der Waals surface area contributed by atoms with Gasteiger partial charge < -0.3 is 10.1 Å². The summed E-state index contributed by atoms with van der Waals surface area (Å²) in [6.07, 6.45) is 4.55. The highest BCUT2D eigenvalue weighted by Gasteiger charge is 2.17. The van der Waals surface area contributed by atoms with Gasteiger partial charge in [0.15, 0.2) is 0 Å². The summed E-state index contributed by atoms with van der Waals surface area (Å²) >= 11 is 0. The van der Waals surface area contributed by atoms with Gasteiger partial charge in [-0.2, -0.15) is 0 Å². The molecule has 1 fully saturated rings. The van der Waals surface area contributed by atoms with Crippen molar-refractivity contribution in [3.8, 4) is 0 Å². The van der Waals surface area contributed by atoms with Crippen molar-refractivity contribution in [1.29, 1.82) is 0 Å². The summed E-state index contributed by atoms with van der Waals surface area (Å²) < 4.78 is 5.62. The van der Waals surface area contributed by atoms with Gasteiger partial charge in [0.1, 0.15) is 0 Å². The number of nitrogens with zero attached hydrogens (tertiary/aromatic N) is 3. The number of ether oxygens (including phenoxy) is 1. The molecule has 1 aromatic heterocycles. The van der Waals surface area contributed by atoms with E-state index in [9.17, 15) is 0 Å². The van der Waals surface area contributed by atoms with Crippen LogP contribution in [0, 0.1) is 0 Å². The van der Waals surface area contributed by atoms with Crippen LogP contribution in [0.1, 0.15) is 18.5 Å². The van der Waals surface area contributed by atoms with Crippen molar-refractivity contribution in [3.63, 3.8) is 0 Å². The molecule has 0 amide bonds. The molecule has 1 unspecified atom stereocenters. The van der Waals surface area contributed by atoms with E-state index in [0.717, 1.165) is 25.4 Å². The van der Waals surface area contributed by atoms with E-state index >= 15 is 0 Å². The molecule has 5 heteroatoms. The molecular formula is C12H20N4O. The Kier molecular flexibility index (Phi) is 4.28. The lowest BCUT2D eigenvalue weighted by molar-refractivity contribution is 0.0790. The maximum absolute atomic E-state index is 5.62. The third-order valence-electron chi connectivity index (χ3n) is 2.91. The first kappa shape index (κ1) is 12.3. The van der Waals surface area contributed by atoms with Gasteiger partial charge in [-0.25, -0.2) is 9.97 Å². The summed E-state index contributed by atoms with van der Waals surface area (Å²) in [5.41, 5.74) is 1.03. The summed E-state index contributed by atoms with van der Waals surface area (Å²) in [6, 6.07) is 1.95. The van der Waals surface area contributed by atoms with Crippen LogP contribution in [-0.2, 0) is 11.3 Å². The normalized spacial score (nSPS) is 19.8. The van der Waals surface area contributed by atoms with E-state index < -0.39 is 0 Å². The molecule has 1 aliphatic rings. The molecule has 94 valence electrons. The zero-order chi connectivity index (χ0) is 12.1. The van der Waals surface area contributed by atoms with Gasteiger partial charge in [-0.15, -0.1) is 0 Å². The molecular weight excluding hydrogens is 216 g/mol. The van der Waals surface area contributed by atoms with Crippen molar-refractivity contribution in [1.82, 2.24) is 14.9 Å². The van der Waals surface area contributed by atoms with Crippen molar-refractivity contribution in [2.75, 3.05) is 32.6 Å². The van der Waals surface area contributed by atoms with Gasteiger partial charge in [0.2, 0.25) is 5.95 Å². The molecule has 1 aromatic rings. The summed E-state index contributed by atoms with van der Waals surface area (Å²) in [5.74, 6) is 0.674. The van der Waals surface area contributed by atoms with Gasteiger partial charge in [0, 0.05) is 32.9 Å². The maximum atomic E-state index is 5.62. The van der Waals surface area contributed by atoms with Crippen LogP contribution in [0.2, 0.25) is 0 Å². The van der Waals surface area contributed by atoms with Crippen LogP contribution in [-0.4, -0.2) is 48.2 Å². The number of nitrogens with one attached hydrogen (secondary N) is 1. The minimum absolute atomic E-state index is 0.394. The molecule has 2 heterocycles. The van der Waals surface area contributed by atoms with Gasteiger partial charge >= 0.3 is 0 Å². The predicted molar refractivity (Wildman–Crippen MR) is 66.9 cm³/mol. The molecule has 0 saturated carbocycles. The monoisotopic (exact) mass is 236 g/mol. The first-order valence-electron chi connectivity index (χ1n) is 6.08. The summed E-state index contributed by atoms with van der Waals surface area (Å²) in [4.78, 5) is 10.8. The van der Waals surface area contributed by atoms with Crippen molar-refractivity contribution in [2.45, 2.75) is 25.5 Å². The number of anilines is 1. The molecule has 1 atom stereocenters. The summed E-state index contributed by atoms with van der Waals surface area (Å²) in [5, 5.41) is 2.95. The van der Waals surface area contributed by atoms with Gasteiger partial charge in [-0.05, 0) is 26.0 Å². The van der Waals surface area contributed by atoms with Crippen LogP contribution in [0.4, 0.5) is 5.95 Å². The smallest absolute Gasteiger partial charge is 0.222 e. The van der Waals surface area contributed by atoms with Gasteiger partial charge in [0.05, 0.1) is 11.8 Å². The van der Waals surface area contributed by atoms with Crippen molar-refractivity contribution >= 4 is 5.95 Å². The highest BCUT2D eigenvalue weighted by atomic mass is 16.5. The minimum atomic E-state index is 0.394. The zero-order valence-corrected chi connectivity index (χ0v) is 10.5. The van der Waals surface area contributed by atoms with Crippen LogP contribution in [0.25, 0.3) is 0 Å². The predicted octanol–water partition coefficient (Wildman–Crippen LogP) is 1.13. The Labute approximate surface area is 102 Å². The average Bonchev–Trinajstić information content (AvgIpc) is 2.82. The topological polar surface area (TPSA) is 50.3 Å². The van der Waals surface area contributed by atoms with Crippen LogP contribution in [0.3, 0.4) is 0 Å². The zero-order valence-electron chi connectivity index (χ0n) is 10.5. The lowest BCUT2D eigenvalue weighted by atomic mass is 10.2. The Bertz CT molecular complexity index is 352. The Morgan fingerprint density at radius 3 is 3.18 bits per heavy atom. The molecule has 5 nitrogen and oxygen atoms in total. The van der Waals surface area contributed by atoms with E-state index in [2.05, 4.69) is 27.2 Å². The molecule has 0 aliphatic carbocycles. The van der Waals surface area contributed by atoms with Gasteiger partial charge in [-0.1, -0.05) is 0 Å². The third kappa shape index (κ3) is 3.64. The Balaban J connectivity index is 1.85. The lowest BCUT2D eigenvalue weighted by Crippen LogP contribution is -2.28. The second-order valence-corrected chi connectivity index (χ2v) is 4.45. The van der Waals surface area contributed by atoms with Gasteiger partial charge in [-0.3, -0.25) is 4.90 Å². The molecule has 1 N–H and O–H groups in total. The highest BCUT2D eigenvalue weighted by molar-refractivity contribution is 5.23. The largest absolute Gasteiger partial charge is 0.377 e. The number of likely N-dealkylation sites (N-methyl/N-ethyl adjacent to an activating group) is 1. The van der Waals surface area contributed by atoms with Crippen LogP contribution in [0.15, 0.2) is 12.3 Å². The summed E-state index contributed by atoms with van der Waals surface area (Å²) in [7, 11) is 3.93. The molecule has 0 aromatic carbocycles. The van der Waals surface area contributed by atoms with Gasteiger partial charge in [0.25, 0.3) is 0 Å². The molecule has 1 saturated heterocycles. The van der Waals surface area contributed by atoms with E-state index in [-0.39, 0.29) is 0 Å². The fourth-order valence-corrected chi connectivity index (χ4v) is 2.08. The maximum Gasteiger partial charge on any atom is 0.222 e. The molecule has 17 heavy (non-hydrogen) atoms. The van der Waals surface area contributed by atoms with E-state index in [0.29, 0.717) is 12.1 Å². The van der Waals surface area contributed by atoms with Crippen molar-refractivity contribution in [3.05, 3.63) is 18.0 Å². The van der Waals surface area contributed by atoms with E-state index in [1.807, 2.05) is 13.1 Å². The number of hydrogen-bond donors (Lipinski definition) is 1. The highest BCUT2D eigenvalue weighted by Crippen LogP contribution is 2.13. The van der Waals surface area contributed by atoms with E-state index in [1.165, 1.54) is 12.8 Å². The molecule has 0 radical (unpaired) electrons. The first-order valence-corrected chi connectivity index (χ1v) is 6.08. The standard InChI is InChI=1S/C12H20N4O/c1-13-12-14-6-5-10(15-12)8-16(2)9-11-4-3-7-17-11/h5-6,11H,3-4,7-9H2,1-2H3,(H,13,14,15). The second kappa shape index (κ2) is 5.93. The van der Waals surface area contributed by atoms with Crippen LogP contribution < -0.4 is 5.32 Å². The molecule has 0 spiro atoms. The molecule has 0 bridgehead atoms. The van der Waals surface area contributed by atoms with Crippen molar-refractivity contribution < 1.29 is 4.74 Å². The third-order valence-corrected chi connectivity index (χ3v) is 2.91. The fourth-order valence-electron chi connectivity index (χ4n) is 2.08. The second-order valence-electron chi connectivity index (χ2n) is 4.45. The minimum Gasteiger partial charge on any atom is -0.377 e. The Hall–Kier alpha value is -1.20. The van der Waals surface area contributed by atoms with E-state index in [1.54, 1.807) is 6.20 Å². The SMILES string of the molecule is CNc1nccc(CN(C)CC2CCCO2)n1. The molecule has 1 aliphatic heterocycles. The average molecular weight is 236 g/mol. The molecule has 2 rings (SSSR count). The Morgan fingerprint density at radius 2 is 2.47 bits per heavy atom. The fraction of sp³-hybridized carbons (Fsp3) is 0.667. The quantitative estimate of drug-likeness (QED) is 0.830. The Morgan fingerprint density at radius 1 is 1.59 bits per heavy atom. The van der Waals surface area contributed by atoms with E-state index in [4.69, 9.17) is 4.74 Å². The number of aromatic nitrogens is 2. The van der Waals surface area contributed by atoms with Crippen LogP contribution in [0.5, 0.6) is 0 Å². The first-order chi connectivity index (χ1) is 8.28. The van der Waals surface area contributed by atoms with Crippen molar-refractivity contribution in [2.24, 2.45) is 0 Å². The number of rotatable bonds is 5. The summed E-state index contributed by atoms with van der Waals surface area (Å²) in [6.45, 7) is 2.71. The lowest BCUT2D eigenvalue weighted by Gasteiger charge is -2.20.